The summed E-state index contributed by atoms with van der Waals surface area (Å²) in [7, 11) is 0. The van der Waals surface area contributed by atoms with Gasteiger partial charge in [0.05, 0.1) is 6.61 Å². The number of carbonyl (C=O) groups is 1. The molecule has 1 saturated carbocycles. The number of ether oxygens (including phenoxy) is 1. The van der Waals surface area contributed by atoms with E-state index in [1.54, 1.807) is 12.1 Å². The lowest BCUT2D eigenvalue weighted by molar-refractivity contribution is -0.134. The number of halogens is 1. The number of ketones is 1. The van der Waals surface area contributed by atoms with Crippen LogP contribution in [-0.2, 0) is 16.1 Å². The van der Waals surface area contributed by atoms with Gasteiger partial charge in [-0.1, -0.05) is 12.1 Å². The van der Waals surface area contributed by atoms with E-state index in [0.717, 1.165) is 24.8 Å². The fourth-order valence-corrected chi connectivity index (χ4v) is 1.95. The maximum Gasteiger partial charge on any atom is 0.161 e. The van der Waals surface area contributed by atoms with Gasteiger partial charge in [-0.3, -0.25) is 4.79 Å². The second-order valence-corrected chi connectivity index (χ2v) is 4.14. The van der Waals surface area contributed by atoms with Crippen LogP contribution in [-0.4, -0.2) is 11.9 Å². The topological polar surface area (TPSA) is 26.3 Å². The van der Waals surface area contributed by atoms with E-state index in [1.807, 2.05) is 0 Å². The van der Waals surface area contributed by atoms with Gasteiger partial charge in [0.25, 0.3) is 0 Å². The Labute approximate surface area is 94.4 Å². The van der Waals surface area contributed by atoms with Crippen LogP contribution in [0.25, 0.3) is 0 Å². The van der Waals surface area contributed by atoms with E-state index in [4.69, 9.17) is 4.74 Å². The lowest BCUT2D eigenvalue weighted by atomic mass is 9.96. The molecule has 0 bridgehead atoms. The molecule has 0 spiro atoms. The van der Waals surface area contributed by atoms with E-state index < -0.39 is 0 Å². The molecule has 0 heterocycles. The van der Waals surface area contributed by atoms with Gasteiger partial charge in [-0.05, 0) is 37.0 Å². The predicted molar refractivity (Wildman–Crippen MR) is 58.5 cm³/mol. The van der Waals surface area contributed by atoms with Gasteiger partial charge in [-0.2, -0.15) is 0 Å². The molecule has 1 unspecified atom stereocenters. The first-order valence-electron chi connectivity index (χ1n) is 5.64. The van der Waals surface area contributed by atoms with Crippen molar-refractivity contribution in [3.8, 4) is 0 Å². The molecule has 2 nitrogen and oxygen atoms in total. The van der Waals surface area contributed by atoms with Crippen LogP contribution < -0.4 is 0 Å². The SMILES string of the molecule is O=C1CCCCC1OCc1cccc(F)c1. The Hall–Kier alpha value is -1.22. The molecule has 1 aliphatic rings. The van der Waals surface area contributed by atoms with Gasteiger partial charge in [0, 0.05) is 6.42 Å². The molecule has 86 valence electrons. The minimum Gasteiger partial charge on any atom is -0.366 e. The van der Waals surface area contributed by atoms with E-state index in [1.165, 1.54) is 12.1 Å². The zero-order valence-corrected chi connectivity index (χ0v) is 9.12. The lowest BCUT2D eigenvalue weighted by Gasteiger charge is -2.20. The van der Waals surface area contributed by atoms with E-state index >= 15 is 0 Å². The summed E-state index contributed by atoms with van der Waals surface area (Å²) in [5.41, 5.74) is 0.776. The molecule has 16 heavy (non-hydrogen) atoms. The summed E-state index contributed by atoms with van der Waals surface area (Å²) in [6.45, 7) is 0.314. The minimum absolute atomic E-state index is 0.183. The Kier molecular flexibility index (Phi) is 3.67. The number of benzene rings is 1. The first kappa shape index (κ1) is 11.3. The third kappa shape index (κ3) is 2.89. The molecule has 1 fully saturated rings. The summed E-state index contributed by atoms with van der Waals surface area (Å²) >= 11 is 0. The number of hydrogen-bond acceptors (Lipinski definition) is 2. The van der Waals surface area contributed by atoms with Crippen molar-refractivity contribution < 1.29 is 13.9 Å². The molecule has 0 N–H and O–H groups in total. The minimum atomic E-state index is -0.281. The van der Waals surface area contributed by atoms with Crippen molar-refractivity contribution in [3.63, 3.8) is 0 Å². The Morgan fingerprint density at radius 1 is 1.38 bits per heavy atom. The van der Waals surface area contributed by atoms with E-state index in [-0.39, 0.29) is 17.7 Å². The average Bonchev–Trinajstić information content (AvgIpc) is 2.28. The van der Waals surface area contributed by atoms with E-state index in [9.17, 15) is 9.18 Å². The second kappa shape index (κ2) is 5.21. The van der Waals surface area contributed by atoms with Crippen molar-refractivity contribution in [2.45, 2.75) is 38.4 Å². The van der Waals surface area contributed by atoms with Gasteiger partial charge in [0.2, 0.25) is 0 Å². The fourth-order valence-electron chi connectivity index (χ4n) is 1.95. The van der Waals surface area contributed by atoms with Crippen molar-refractivity contribution in [1.82, 2.24) is 0 Å². The smallest absolute Gasteiger partial charge is 0.161 e. The molecule has 1 atom stereocenters. The maximum atomic E-state index is 12.9. The van der Waals surface area contributed by atoms with Crippen molar-refractivity contribution >= 4 is 5.78 Å². The highest BCUT2D eigenvalue weighted by Gasteiger charge is 2.22. The Morgan fingerprint density at radius 3 is 3.00 bits per heavy atom. The van der Waals surface area contributed by atoms with Crippen molar-refractivity contribution in [1.29, 1.82) is 0 Å². The Balaban J connectivity index is 1.89. The first-order valence-corrected chi connectivity index (χ1v) is 5.64. The number of rotatable bonds is 3. The number of carbonyl (C=O) groups excluding carboxylic acids is 1. The Morgan fingerprint density at radius 2 is 2.25 bits per heavy atom. The summed E-state index contributed by atoms with van der Waals surface area (Å²) in [4.78, 5) is 11.5. The molecule has 1 aromatic rings. The fraction of sp³-hybridized carbons (Fsp3) is 0.462. The van der Waals surface area contributed by atoms with Gasteiger partial charge in [0.15, 0.2) is 5.78 Å². The normalized spacial score (nSPS) is 21.1. The summed E-state index contributed by atoms with van der Waals surface area (Å²) in [5, 5.41) is 0. The molecule has 1 aliphatic carbocycles. The van der Waals surface area contributed by atoms with Gasteiger partial charge in [-0.25, -0.2) is 4.39 Å². The highest BCUT2D eigenvalue weighted by Crippen LogP contribution is 2.18. The third-order valence-electron chi connectivity index (χ3n) is 2.84. The molecule has 0 aromatic heterocycles. The zero-order chi connectivity index (χ0) is 11.4. The van der Waals surface area contributed by atoms with E-state index in [0.29, 0.717) is 13.0 Å². The van der Waals surface area contributed by atoms with Gasteiger partial charge in [-0.15, -0.1) is 0 Å². The van der Waals surface area contributed by atoms with Gasteiger partial charge < -0.3 is 4.74 Å². The predicted octanol–water partition coefficient (Wildman–Crippen LogP) is 2.85. The van der Waals surface area contributed by atoms with Crippen molar-refractivity contribution in [2.75, 3.05) is 0 Å². The van der Waals surface area contributed by atoms with Crippen LogP contribution in [0.2, 0.25) is 0 Å². The molecule has 1 aromatic carbocycles. The zero-order valence-electron chi connectivity index (χ0n) is 9.12. The van der Waals surface area contributed by atoms with Gasteiger partial charge >= 0.3 is 0 Å². The first-order chi connectivity index (χ1) is 7.75. The maximum absolute atomic E-state index is 12.9. The summed E-state index contributed by atoms with van der Waals surface area (Å²) < 4.78 is 18.4. The van der Waals surface area contributed by atoms with Crippen LogP contribution in [0, 0.1) is 5.82 Å². The number of Topliss-reactive ketones (excluding diaryl/α,β-unsaturated/α-hetero) is 1. The summed E-state index contributed by atoms with van der Waals surface area (Å²) in [6, 6.07) is 6.29. The number of hydrogen-bond donors (Lipinski definition) is 0. The monoisotopic (exact) mass is 222 g/mol. The molecule has 0 aliphatic heterocycles. The molecule has 2 rings (SSSR count). The summed E-state index contributed by atoms with van der Waals surface area (Å²) in [6.07, 6.45) is 3.15. The van der Waals surface area contributed by atoms with Crippen LogP contribution in [0.1, 0.15) is 31.2 Å². The van der Waals surface area contributed by atoms with Gasteiger partial charge in [0.1, 0.15) is 11.9 Å². The lowest BCUT2D eigenvalue weighted by Crippen LogP contribution is -2.27. The highest BCUT2D eigenvalue weighted by molar-refractivity contribution is 5.83. The van der Waals surface area contributed by atoms with Crippen LogP contribution in [0.5, 0.6) is 0 Å². The quantitative estimate of drug-likeness (QED) is 0.786. The van der Waals surface area contributed by atoms with Crippen LogP contribution in [0.4, 0.5) is 4.39 Å². The van der Waals surface area contributed by atoms with Crippen LogP contribution >= 0.6 is 0 Å². The Bertz CT molecular complexity index is 376. The molecule has 0 amide bonds. The molecular weight excluding hydrogens is 207 g/mol. The van der Waals surface area contributed by atoms with Crippen molar-refractivity contribution in [3.05, 3.63) is 35.6 Å². The third-order valence-corrected chi connectivity index (χ3v) is 2.84. The highest BCUT2D eigenvalue weighted by atomic mass is 19.1. The van der Waals surface area contributed by atoms with E-state index in [2.05, 4.69) is 0 Å². The molecular formula is C13H15FO2. The largest absolute Gasteiger partial charge is 0.366 e. The second-order valence-electron chi connectivity index (χ2n) is 4.14. The average molecular weight is 222 g/mol. The van der Waals surface area contributed by atoms with Crippen molar-refractivity contribution in [2.24, 2.45) is 0 Å². The molecule has 0 saturated heterocycles. The summed E-state index contributed by atoms with van der Waals surface area (Å²) in [5.74, 6) is -0.0845. The van der Waals surface area contributed by atoms with Crippen LogP contribution in [0.3, 0.4) is 0 Å². The van der Waals surface area contributed by atoms with Crippen LogP contribution in [0.15, 0.2) is 24.3 Å². The molecule has 0 radical (unpaired) electrons. The standard InChI is InChI=1S/C13H15FO2/c14-11-5-3-4-10(8-11)9-16-13-7-2-1-6-12(13)15/h3-5,8,13H,1-2,6-7,9H2. The molecule has 3 heteroatoms.